The minimum atomic E-state index is -0.450. The monoisotopic (exact) mass is 313 g/mol. The van der Waals surface area contributed by atoms with Gasteiger partial charge in [-0.2, -0.15) is 0 Å². The zero-order valence-electron chi connectivity index (χ0n) is 13.6. The average Bonchev–Trinajstić information content (AvgIpc) is 2.45. The molecule has 2 aromatic rings. The molecule has 0 atom stereocenters. The number of amides is 1. The Balaban J connectivity index is 2.35. The Morgan fingerprint density at radius 1 is 1.22 bits per heavy atom. The van der Waals surface area contributed by atoms with Crippen LogP contribution in [-0.2, 0) is 5.41 Å². The molecule has 2 rings (SSSR count). The topological polar surface area (TPSA) is 85.1 Å². The SMILES string of the molecule is Cc1cc(NC(=O)c2ccc(C(C)(C)C)c([N+](=O)[O-])c2)ccn1. The Kier molecular flexibility index (Phi) is 4.45. The van der Waals surface area contributed by atoms with Crippen molar-refractivity contribution in [2.45, 2.75) is 33.1 Å². The van der Waals surface area contributed by atoms with E-state index in [2.05, 4.69) is 10.3 Å². The molecule has 0 saturated carbocycles. The second kappa shape index (κ2) is 6.16. The summed E-state index contributed by atoms with van der Waals surface area (Å²) in [6, 6.07) is 7.98. The molecule has 0 fully saturated rings. The maximum absolute atomic E-state index is 12.3. The van der Waals surface area contributed by atoms with Gasteiger partial charge in [0.1, 0.15) is 0 Å². The van der Waals surface area contributed by atoms with E-state index in [0.29, 0.717) is 11.3 Å². The van der Waals surface area contributed by atoms with E-state index in [4.69, 9.17) is 0 Å². The van der Waals surface area contributed by atoms with Gasteiger partial charge in [0.2, 0.25) is 0 Å². The number of nitro benzene ring substituents is 1. The van der Waals surface area contributed by atoms with Crippen LogP contribution in [-0.4, -0.2) is 15.8 Å². The molecule has 0 aliphatic heterocycles. The van der Waals surface area contributed by atoms with Crippen molar-refractivity contribution >= 4 is 17.3 Å². The number of aryl methyl sites for hydroxylation is 1. The Hall–Kier alpha value is -2.76. The van der Waals surface area contributed by atoms with E-state index in [1.807, 2.05) is 27.7 Å². The summed E-state index contributed by atoms with van der Waals surface area (Å²) >= 11 is 0. The third kappa shape index (κ3) is 3.91. The molecule has 1 aromatic carbocycles. The van der Waals surface area contributed by atoms with E-state index < -0.39 is 4.92 Å². The lowest BCUT2D eigenvalue weighted by atomic mass is 9.85. The quantitative estimate of drug-likeness (QED) is 0.689. The second-order valence-corrected chi connectivity index (χ2v) is 6.38. The van der Waals surface area contributed by atoms with Crippen LogP contribution in [0.3, 0.4) is 0 Å². The van der Waals surface area contributed by atoms with E-state index in [1.165, 1.54) is 6.07 Å². The van der Waals surface area contributed by atoms with Crippen molar-refractivity contribution in [3.63, 3.8) is 0 Å². The summed E-state index contributed by atoms with van der Waals surface area (Å²) < 4.78 is 0. The smallest absolute Gasteiger partial charge is 0.273 e. The molecular weight excluding hydrogens is 294 g/mol. The first kappa shape index (κ1) is 16.6. The molecular formula is C17H19N3O3. The Bertz CT molecular complexity index is 764. The highest BCUT2D eigenvalue weighted by Crippen LogP contribution is 2.32. The highest BCUT2D eigenvalue weighted by atomic mass is 16.6. The Labute approximate surface area is 134 Å². The van der Waals surface area contributed by atoms with Crippen molar-refractivity contribution < 1.29 is 9.72 Å². The van der Waals surface area contributed by atoms with Crippen molar-refractivity contribution in [2.75, 3.05) is 5.32 Å². The highest BCUT2D eigenvalue weighted by molar-refractivity contribution is 6.04. The summed E-state index contributed by atoms with van der Waals surface area (Å²) in [7, 11) is 0. The summed E-state index contributed by atoms with van der Waals surface area (Å²) in [6.07, 6.45) is 1.59. The fourth-order valence-corrected chi connectivity index (χ4v) is 2.28. The second-order valence-electron chi connectivity index (χ2n) is 6.38. The third-order valence-electron chi connectivity index (χ3n) is 3.42. The number of hydrogen-bond donors (Lipinski definition) is 1. The number of anilines is 1. The lowest BCUT2D eigenvalue weighted by Crippen LogP contribution is -2.16. The molecule has 0 aliphatic carbocycles. The zero-order valence-corrected chi connectivity index (χ0v) is 13.6. The molecule has 1 N–H and O–H groups in total. The van der Waals surface area contributed by atoms with Gasteiger partial charge in [0.05, 0.1) is 4.92 Å². The van der Waals surface area contributed by atoms with Gasteiger partial charge < -0.3 is 5.32 Å². The number of carbonyl (C=O) groups excluding carboxylic acids is 1. The van der Waals surface area contributed by atoms with Crippen LogP contribution in [0, 0.1) is 17.0 Å². The van der Waals surface area contributed by atoms with Crippen LogP contribution in [0.2, 0.25) is 0 Å². The number of carbonyl (C=O) groups is 1. The number of nitro groups is 1. The van der Waals surface area contributed by atoms with Crippen LogP contribution in [0.15, 0.2) is 36.5 Å². The van der Waals surface area contributed by atoms with Gasteiger partial charge in [0, 0.05) is 34.8 Å². The van der Waals surface area contributed by atoms with Gasteiger partial charge in [-0.05, 0) is 30.5 Å². The molecule has 0 saturated heterocycles. The van der Waals surface area contributed by atoms with E-state index in [0.717, 1.165) is 5.69 Å². The summed E-state index contributed by atoms with van der Waals surface area (Å²) in [6.45, 7) is 7.51. The van der Waals surface area contributed by atoms with E-state index in [9.17, 15) is 14.9 Å². The maximum atomic E-state index is 12.3. The molecule has 0 radical (unpaired) electrons. The van der Waals surface area contributed by atoms with Crippen molar-refractivity contribution in [3.05, 3.63) is 63.5 Å². The predicted octanol–water partition coefficient (Wildman–Crippen LogP) is 3.85. The predicted molar refractivity (Wildman–Crippen MR) is 88.7 cm³/mol. The zero-order chi connectivity index (χ0) is 17.2. The van der Waals surface area contributed by atoms with Crippen LogP contribution in [0.4, 0.5) is 11.4 Å². The van der Waals surface area contributed by atoms with Gasteiger partial charge in [-0.15, -0.1) is 0 Å². The fraction of sp³-hybridized carbons (Fsp3) is 0.294. The lowest BCUT2D eigenvalue weighted by Gasteiger charge is -2.19. The van der Waals surface area contributed by atoms with Crippen LogP contribution < -0.4 is 5.32 Å². The number of pyridine rings is 1. The van der Waals surface area contributed by atoms with Crippen LogP contribution >= 0.6 is 0 Å². The molecule has 1 amide bonds. The summed E-state index contributed by atoms with van der Waals surface area (Å²) in [5.41, 5.74) is 1.80. The number of aromatic nitrogens is 1. The molecule has 1 heterocycles. The highest BCUT2D eigenvalue weighted by Gasteiger charge is 2.26. The minimum absolute atomic E-state index is 0.0453. The Morgan fingerprint density at radius 2 is 1.91 bits per heavy atom. The number of nitrogens with one attached hydrogen (secondary N) is 1. The number of benzene rings is 1. The fourth-order valence-electron chi connectivity index (χ4n) is 2.28. The number of nitrogens with zero attached hydrogens (tertiary/aromatic N) is 2. The standard InChI is InChI=1S/C17H19N3O3/c1-11-9-13(7-8-18-11)19-16(21)12-5-6-14(17(2,3)4)15(10-12)20(22)23/h5-10H,1-4H3,(H,18,19,21). The molecule has 0 bridgehead atoms. The van der Waals surface area contributed by atoms with E-state index in [-0.39, 0.29) is 22.6 Å². The van der Waals surface area contributed by atoms with E-state index >= 15 is 0 Å². The molecule has 0 unspecified atom stereocenters. The lowest BCUT2D eigenvalue weighted by molar-refractivity contribution is -0.386. The van der Waals surface area contributed by atoms with Crippen LogP contribution in [0.1, 0.15) is 42.4 Å². The largest absolute Gasteiger partial charge is 0.322 e. The van der Waals surface area contributed by atoms with Gasteiger partial charge in [-0.1, -0.05) is 26.8 Å². The summed E-state index contributed by atoms with van der Waals surface area (Å²) in [4.78, 5) is 27.2. The van der Waals surface area contributed by atoms with E-state index in [1.54, 1.807) is 30.5 Å². The van der Waals surface area contributed by atoms with Crippen molar-refractivity contribution in [2.24, 2.45) is 0 Å². The first-order valence-corrected chi connectivity index (χ1v) is 7.21. The molecule has 0 aliphatic rings. The summed E-state index contributed by atoms with van der Waals surface area (Å²) in [5, 5.41) is 14.0. The molecule has 120 valence electrons. The average molecular weight is 313 g/mol. The summed E-state index contributed by atoms with van der Waals surface area (Å²) in [5.74, 6) is -0.390. The van der Waals surface area contributed by atoms with Gasteiger partial charge in [0.25, 0.3) is 11.6 Å². The normalized spacial score (nSPS) is 11.1. The van der Waals surface area contributed by atoms with Crippen LogP contribution in [0.5, 0.6) is 0 Å². The van der Waals surface area contributed by atoms with Crippen molar-refractivity contribution in [1.29, 1.82) is 0 Å². The van der Waals surface area contributed by atoms with Gasteiger partial charge >= 0.3 is 0 Å². The molecule has 6 nitrogen and oxygen atoms in total. The van der Waals surface area contributed by atoms with Gasteiger partial charge in [0.15, 0.2) is 0 Å². The number of rotatable bonds is 3. The third-order valence-corrected chi connectivity index (χ3v) is 3.42. The van der Waals surface area contributed by atoms with Crippen LogP contribution in [0.25, 0.3) is 0 Å². The minimum Gasteiger partial charge on any atom is -0.322 e. The van der Waals surface area contributed by atoms with Gasteiger partial charge in [-0.25, -0.2) is 0 Å². The Morgan fingerprint density at radius 3 is 2.48 bits per heavy atom. The van der Waals surface area contributed by atoms with Gasteiger partial charge in [-0.3, -0.25) is 19.9 Å². The molecule has 6 heteroatoms. The molecule has 0 spiro atoms. The molecule has 23 heavy (non-hydrogen) atoms. The van der Waals surface area contributed by atoms with Crippen molar-refractivity contribution in [1.82, 2.24) is 4.98 Å². The maximum Gasteiger partial charge on any atom is 0.273 e. The number of hydrogen-bond acceptors (Lipinski definition) is 4. The van der Waals surface area contributed by atoms with Crippen molar-refractivity contribution in [3.8, 4) is 0 Å². The first-order valence-electron chi connectivity index (χ1n) is 7.21. The first-order chi connectivity index (χ1) is 10.7. The molecule has 1 aromatic heterocycles.